The standard InChI is InChI=1S/C14H18ClN3/c1-18-7-2-3-12(6-8-18)17-13-5-4-11(10-16)14(15)9-13/h4-5,9,12,17H,2-3,6-8H2,1H3. The van der Waals surface area contributed by atoms with Crippen LogP contribution in [0.15, 0.2) is 18.2 Å². The number of nitriles is 1. The second-order valence-electron chi connectivity index (χ2n) is 4.88. The molecule has 1 aliphatic heterocycles. The Labute approximate surface area is 113 Å². The zero-order valence-electron chi connectivity index (χ0n) is 10.6. The molecule has 1 aliphatic rings. The predicted molar refractivity (Wildman–Crippen MR) is 74.9 cm³/mol. The van der Waals surface area contributed by atoms with Crippen LogP contribution in [0.4, 0.5) is 5.69 Å². The van der Waals surface area contributed by atoms with E-state index in [1.54, 1.807) is 6.07 Å². The van der Waals surface area contributed by atoms with Gasteiger partial charge in [-0.1, -0.05) is 11.6 Å². The molecular formula is C14H18ClN3. The minimum absolute atomic E-state index is 0.499. The zero-order valence-corrected chi connectivity index (χ0v) is 11.4. The number of nitrogens with one attached hydrogen (secondary N) is 1. The van der Waals surface area contributed by atoms with E-state index < -0.39 is 0 Å². The molecule has 0 bridgehead atoms. The molecule has 0 aliphatic carbocycles. The maximum atomic E-state index is 8.84. The molecule has 1 N–H and O–H groups in total. The summed E-state index contributed by atoms with van der Waals surface area (Å²) in [5.41, 5.74) is 1.54. The number of hydrogen-bond acceptors (Lipinski definition) is 3. The summed E-state index contributed by atoms with van der Waals surface area (Å²) in [6, 6.07) is 8.12. The molecule has 1 unspecified atom stereocenters. The van der Waals surface area contributed by atoms with Crippen molar-refractivity contribution in [3.8, 4) is 6.07 Å². The Morgan fingerprint density at radius 2 is 2.22 bits per heavy atom. The van der Waals surface area contributed by atoms with Crippen molar-refractivity contribution in [1.82, 2.24) is 4.90 Å². The Kier molecular flexibility index (Phi) is 4.46. The number of rotatable bonds is 2. The van der Waals surface area contributed by atoms with Crippen LogP contribution in [0.5, 0.6) is 0 Å². The van der Waals surface area contributed by atoms with E-state index in [4.69, 9.17) is 16.9 Å². The van der Waals surface area contributed by atoms with E-state index in [1.807, 2.05) is 12.1 Å². The van der Waals surface area contributed by atoms with Gasteiger partial charge in [0.1, 0.15) is 6.07 Å². The van der Waals surface area contributed by atoms with Gasteiger partial charge in [-0.05, 0) is 57.6 Å². The number of hydrogen-bond donors (Lipinski definition) is 1. The quantitative estimate of drug-likeness (QED) is 0.891. The van der Waals surface area contributed by atoms with Gasteiger partial charge in [-0.15, -0.1) is 0 Å². The molecule has 96 valence electrons. The van der Waals surface area contributed by atoms with Crippen LogP contribution in [0.1, 0.15) is 24.8 Å². The van der Waals surface area contributed by atoms with E-state index in [-0.39, 0.29) is 0 Å². The van der Waals surface area contributed by atoms with Crippen molar-refractivity contribution in [2.45, 2.75) is 25.3 Å². The molecule has 0 radical (unpaired) electrons. The fraction of sp³-hybridized carbons (Fsp3) is 0.500. The van der Waals surface area contributed by atoms with Gasteiger partial charge in [0.2, 0.25) is 0 Å². The van der Waals surface area contributed by atoms with Crippen molar-refractivity contribution in [3.05, 3.63) is 28.8 Å². The van der Waals surface area contributed by atoms with Gasteiger partial charge >= 0.3 is 0 Å². The molecule has 4 heteroatoms. The van der Waals surface area contributed by atoms with Gasteiger partial charge in [-0.25, -0.2) is 0 Å². The molecule has 3 nitrogen and oxygen atoms in total. The Morgan fingerprint density at radius 3 is 2.94 bits per heavy atom. The van der Waals surface area contributed by atoms with Crippen LogP contribution in [-0.2, 0) is 0 Å². The Balaban J connectivity index is 2.01. The molecule has 1 heterocycles. The maximum Gasteiger partial charge on any atom is 0.101 e. The Hall–Kier alpha value is -1.24. The SMILES string of the molecule is CN1CCCC(Nc2ccc(C#N)c(Cl)c2)CC1. The van der Waals surface area contributed by atoms with Crippen molar-refractivity contribution in [2.75, 3.05) is 25.5 Å². The molecule has 1 aromatic carbocycles. The lowest BCUT2D eigenvalue weighted by atomic mass is 10.1. The second kappa shape index (κ2) is 6.08. The average Bonchev–Trinajstić information content (AvgIpc) is 2.55. The number of benzene rings is 1. The van der Waals surface area contributed by atoms with Gasteiger partial charge < -0.3 is 10.2 Å². The van der Waals surface area contributed by atoms with Gasteiger partial charge in [0, 0.05) is 11.7 Å². The molecule has 0 aromatic heterocycles. The third-order valence-electron chi connectivity index (χ3n) is 3.41. The van der Waals surface area contributed by atoms with Crippen LogP contribution in [0.2, 0.25) is 5.02 Å². The highest BCUT2D eigenvalue weighted by molar-refractivity contribution is 6.32. The molecular weight excluding hydrogens is 246 g/mol. The monoisotopic (exact) mass is 263 g/mol. The maximum absolute atomic E-state index is 8.84. The van der Waals surface area contributed by atoms with Crippen molar-refractivity contribution in [1.29, 1.82) is 5.26 Å². The number of halogens is 1. The molecule has 1 fully saturated rings. The van der Waals surface area contributed by atoms with Crippen molar-refractivity contribution < 1.29 is 0 Å². The van der Waals surface area contributed by atoms with E-state index in [1.165, 1.54) is 19.4 Å². The van der Waals surface area contributed by atoms with E-state index >= 15 is 0 Å². The van der Waals surface area contributed by atoms with Crippen molar-refractivity contribution in [3.63, 3.8) is 0 Å². The molecule has 2 rings (SSSR count). The van der Waals surface area contributed by atoms with Gasteiger partial charge in [0.05, 0.1) is 10.6 Å². The van der Waals surface area contributed by atoms with Gasteiger partial charge in [0.25, 0.3) is 0 Å². The number of anilines is 1. The van der Waals surface area contributed by atoms with E-state index in [9.17, 15) is 0 Å². The first-order valence-electron chi connectivity index (χ1n) is 6.34. The smallest absolute Gasteiger partial charge is 0.101 e. The largest absolute Gasteiger partial charge is 0.382 e. The van der Waals surface area contributed by atoms with Crippen LogP contribution >= 0.6 is 11.6 Å². The summed E-state index contributed by atoms with van der Waals surface area (Å²) >= 11 is 6.03. The summed E-state index contributed by atoms with van der Waals surface area (Å²) in [7, 11) is 2.17. The molecule has 0 spiro atoms. The first-order valence-corrected chi connectivity index (χ1v) is 6.71. The van der Waals surface area contributed by atoms with E-state index in [0.29, 0.717) is 16.6 Å². The molecule has 0 amide bonds. The predicted octanol–water partition coefficient (Wildman–Crippen LogP) is 3.11. The summed E-state index contributed by atoms with van der Waals surface area (Å²) in [4.78, 5) is 2.37. The fourth-order valence-corrected chi connectivity index (χ4v) is 2.54. The summed E-state index contributed by atoms with van der Waals surface area (Å²) in [6.45, 7) is 2.30. The average molecular weight is 264 g/mol. The Bertz CT molecular complexity index is 453. The highest BCUT2D eigenvalue weighted by atomic mass is 35.5. The lowest BCUT2D eigenvalue weighted by Crippen LogP contribution is -2.22. The lowest BCUT2D eigenvalue weighted by Gasteiger charge is -2.18. The molecule has 1 atom stereocenters. The van der Waals surface area contributed by atoms with E-state index in [0.717, 1.165) is 18.7 Å². The molecule has 1 saturated heterocycles. The zero-order chi connectivity index (χ0) is 13.0. The van der Waals surface area contributed by atoms with Crippen LogP contribution in [-0.4, -0.2) is 31.1 Å². The third kappa shape index (κ3) is 3.38. The van der Waals surface area contributed by atoms with Crippen molar-refractivity contribution >= 4 is 17.3 Å². The minimum atomic E-state index is 0.499. The molecule has 18 heavy (non-hydrogen) atoms. The van der Waals surface area contributed by atoms with Gasteiger partial charge in [0.15, 0.2) is 0 Å². The van der Waals surface area contributed by atoms with Crippen molar-refractivity contribution in [2.24, 2.45) is 0 Å². The summed E-state index contributed by atoms with van der Waals surface area (Å²) < 4.78 is 0. The highest BCUT2D eigenvalue weighted by Crippen LogP contribution is 2.22. The lowest BCUT2D eigenvalue weighted by molar-refractivity contribution is 0.348. The number of nitrogens with zero attached hydrogens (tertiary/aromatic N) is 2. The van der Waals surface area contributed by atoms with Gasteiger partial charge in [-0.2, -0.15) is 5.26 Å². The fourth-order valence-electron chi connectivity index (χ4n) is 2.32. The number of likely N-dealkylation sites (tertiary alicyclic amines) is 1. The summed E-state index contributed by atoms with van der Waals surface area (Å²) in [6.07, 6.45) is 3.55. The third-order valence-corrected chi connectivity index (χ3v) is 3.72. The minimum Gasteiger partial charge on any atom is -0.382 e. The summed E-state index contributed by atoms with van der Waals surface area (Å²) in [5.74, 6) is 0. The van der Waals surface area contributed by atoms with Crippen LogP contribution in [0, 0.1) is 11.3 Å². The normalized spacial score (nSPS) is 21.1. The van der Waals surface area contributed by atoms with Gasteiger partial charge in [-0.3, -0.25) is 0 Å². The highest BCUT2D eigenvalue weighted by Gasteiger charge is 2.14. The van der Waals surface area contributed by atoms with Crippen LogP contribution in [0.3, 0.4) is 0 Å². The van der Waals surface area contributed by atoms with E-state index in [2.05, 4.69) is 23.3 Å². The van der Waals surface area contributed by atoms with Crippen LogP contribution < -0.4 is 5.32 Å². The first-order chi connectivity index (χ1) is 8.69. The van der Waals surface area contributed by atoms with Crippen LogP contribution in [0.25, 0.3) is 0 Å². The molecule has 1 aromatic rings. The topological polar surface area (TPSA) is 39.1 Å². The Morgan fingerprint density at radius 1 is 1.39 bits per heavy atom. The second-order valence-corrected chi connectivity index (χ2v) is 5.29. The first kappa shape index (κ1) is 13.2. The summed E-state index contributed by atoms with van der Waals surface area (Å²) in [5, 5.41) is 12.9. The molecule has 0 saturated carbocycles.